The van der Waals surface area contributed by atoms with Crippen LogP contribution in [0.5, 0.6) is 0 Å². The first-order valence-electron chi connectivity index (χ1n) is 6.59. The van der Waals surface area contributed by atoms with Crippen molar-refractivity contribution < 1.29 is 9.50 Å². The zero-order valence-corrected chi connectivity index (χ0v) is 10.5. The molecule has 2 rings (SSSR count). The van der Waals surface area contributed by atoms with E-state index in [-0.39, 0.29) is 18.0 Å². The minimum absolute atomic E-state index is 0.210. The van der Waals surface area contributed by atoms with Crippen LogP contribution in [0.2, 0.25) is 0 Å². The maximum Gasteiger partial charge on any atom is 0.123 e. The first-order valence-corrected chi connectivity index (χ1v) is 6.59. The standard InChI is InChI=1S/C15H20FNO/c16-13-9-7-12(8-10-13)4-3-11-17-14-5-1-2-6-15(14)18/h3-4,7-10,14-15,17-18H,1-2,5-6,11H2/b4-3+. The lowest BCUT2D eigenvalue weighted by Gasteiger charge is -2.28. The van der Waals surface area contributed by atoms with Crippen LogP contribution in [0, 0.1) is 5.82 Å². The Bertz CT molecular complexity index is 388. The Kier molecular flexibility index (Phi) is 4.90. The third kappa shape index (κ3) is 3.93. The molecule has 2 atom stereocenters. The molecule has 0 saturated heterocycles. The van der Waals surface area contributed by atoms with Gasteiger partial charge in [0.1, 0.15) is 5.82 Å². The maximum atomic E-state index is 12.7. The number of hydrogen-bond acceptors (Lipinski definition) is 2. The van der Waals surface area contributed by atoms with Crippen LogP contribution >= 0.6 is 0 Å². The topological polar surface area (TPSA) is 32.3 Å². The van der Waals surface area contributed by atoms with Gasteiger partial charge in [0.2, 0.25) is 0 Å². The Balaban J connectivity index is 1.75. The van der Waals surface area contributed by atoms with Crippen molar-refractivity contribution in [1.29, 1.82) is 0 Å². The summed E-state index contributed by atoms with van der Waals surface area (Å²) in [5.74, 6) is -0.212. The highest BCUT2D eigenvalue weighted by Crippen LogP contribution is 2.18. The van der Waals surface area contributed by atoms with Crippen LogP contribution in [-0.2, 0) is 0 Å². The molecule has 0 amide bonds. The SMILES string of the molecule is OC1CCCCC1NC/C=C/c1ccc(F)cc1. The number of aliphatic hydroxyl groups excluding tert-OH is 1. The average molecular weight is 249 g/mol. The molecule has 2 unspecified atom stereocenters. The van der Waals surface area contributed by atoms with E-state index in [2.05, 4.69) is 5.32 Å². The summed E-state index contributed by atoms with van der Waals surface area (Å²) < 4.78 is 12.7. The molecule has 18 heavy (non-hydrogen) atoms. The van der Waals surface area contributed by atoms with Crippen LogP contribution in [0.3, 0.4) is 0 Å². The van der Waals surface area contributed by atoms with Gasteiger partial charge in [-0.3, -0.25) is 0 Å². The zero-order chi connectivity index (χ0) is 12.8. The van der Waals surface area contributed by atoms with Crippen LogP contribution in [0.15, 0.2) is 30.3 Å². The van der Waals surface area contributed by atoms with Crippen molar-refractivity contribution in [1.82, 2.24) is 5.32 Å². The minimum atomic E-state index is -0.212. The van der Waals surface area contributed by atoms with Gasteiger partial charge >= 0.3 is 0 Å². The van der Waals surface area contributed by atoms with E-state index in [4.69, 9.17) is 0 Å². The second kappa shape index (κ2) is 6.66. The van der Waals surface area contributed by atoms with Gasteiger partial charge in [-0.15, -0.1) is 0 Å². The molecule has 0 heterocycles. The summed E-state index contributed by atoms with van der Waals surface area (Å²) in [5.41, 5.74) is 0.988. The molecule has 0 aromatic heterocycles. The molecule has 2 nitrogen and oxygen atoms in total. The van der Waals surface area contributed by atoms with Crippen LogP contribution in [-0.4, -0.2) is 23.8 Å². The highest BCUT2D eigenvalue weighted by molar-refractivity contribution is 5.48. The lowest BCUT2D eigenvalue weighted by atomic mass is 9.93. The average Bonchev–Trinajstić information content (AvgIpc) is 2.39. The van der Waals surface area contributed by atoms with Crippen molar-refractivity contribution in [2.24, 2.45) is 0 Å². The number of halogens is 1. The highest BCUT2D eigenvalue weighted by Gasteiger charge is 2.21. The number of nitrogens with one attached hydrogen (secondary N) is 1. The fourth-order valence-corrected chi connectivity index (χ4v) is 2.34. The van der Waals surface area contributed by atoms with Crippen molar-refractivity contribution in [2.45, 2.75) is 37.8 Å². The third-order valence-electron chi connectivity index (χ3n) is 3.41. The molecule has 0 bridgehead atoms. The summed E-state index contributed by atoms with van der Waals surface area (Å²) in [5, 5.41) is 13.1. The summed E-state index contributed by atoms with van der Waals surface area (Å²) in [6.45, 7) is 0.735. The summed E-state index contributed by atoms with van der Waals surface area (Å²) in [6, 6.07) is 6.63. The Hall–Kier alpha value is -1.19. The number of rotatable bonds is 4. The van der Waals surface area contributed by atoms with Gasteiger partial charge in [0.15, 0.2) is 0 Å². The maximum absolute atomic E-state index is 12.7. The van der Waals surface area contributed by atoms with Gasteiger partial charge in [-0.2, -0.15) is 0 Å². The van der Waals surface area contributed by atoms with E-state index in [1.807, 2.05) is 12.2 Å². The normalized spacial score (nSPS) is 24.6. The molecule has 98 valence electrons. The second-order valence-electron chi connectivity index (χ2n) is 4.82. The molecule has 0 spiro atoms. The molecule has 1 aliphatic rings. The minimum Gasteiger partial charge on any atom is -0.392 e. The molecular weight excluding hydrogens is 229 g/mol. The Morgan fingerprint density at radius 3 is 2.67 bits per heavy atom. The van der Waals surface area contributed by atoms with E-state index in [1.54, 1.807) is 12.1 Å². The number of benzene rings is 1. The predicted octanol–water partition coefficient (Wildman–Crippen LogP) is 2.73. The summed E-state index contributed by atoms with van der Waals surface area (Å²) >= 11 is 0. The quantitative estimate of drug-likeness (QED) is 0.860. The molecular formula is C15H20FNO. The molecule has 1 fully saturated rings. The Morgan fingerprint density at radius 2 is 1.94 bits per heavy atom. The summed E-state index contributed by atoms with van der Waals surface area (Å²) in [6.07, 6.45) is 8.03. The van der Waals surface area contributed by atoms with Crippen molar-refractivity contribution in [3.05, 3.63) is 41.7 Å². The first-order chi connectivity index (χ1) is 8.75. The van der Waals surface area contributed by atoms with E-state index in [1.165, 1.54) is 18.6 Å². The van der Waals surface area contributed by atoms with Gasteiger partial charge in [0, 0.05) is 12.6 Å². The molecule has 3 heteroatoms. The van der Waals surface area contributed by atoms with Crippen molar-refractivity contribution >= 4 is 6.08 Å². The van der Waals surface area contributed by atoms with Crippen LogP contribution in [0.25, 0.3) is 6.08 Å². The van der Waals surface area contributed by atoms with Crippen LogP contribution in [0.4, 0.5) is 4.39 Å². The Labute approximate surface area is 108 Å². The Morgan fingerprint density at radius 1 is 1.22 bits per heavy atom. The monoisotopic (exact) mass is 249 g/mol. The van der Waals surface area contributed by atoms with Gasteiger partial charge in [0.05, 0.1) is 6.10 Å². The smallest absolute Gasteiger partial charge is 0.123 e. The largest absolute Gasteiger partial charge is 0.392 e. The molecule has 1 aliphatic carbocycles. The van der Waals surface area contributed by atoms with Gasteiger partial charge < -0.3 is 10.4 Å². The lowest BCUT2D eigenvalue weighted by molar-refractivity contribution is 0.0929. The van der Waals surface area contributed by atoms with E-state index in [0.29, 0.717) is 0 Å². The van der Waals surface area contributed by atoms with E-state index in [0.717, 1.165) is 31.4 Å². The molecule has 1 aromatic carbocycles. The molecule has 1 saturated carbocycles. The van der Waals surface area contributed by atoms with Gasteiger partial charge in [-0.25, -0.2) is 4.39 Å². The van der Waals surface area contributed by atoms with E-state index < -0.39 is 0 Å². The first kappa shape index (κ1) is 13.2. The summed E-state index contributed by atoms with van der Waals surface area (Å²) in [4.78, 5) is 0. The van der Waals surface area contributed by atoms with E-state index in [9.17, 15) is 9.50 Å². The van der Waals surface area contributed by atoms with Crippen molar-refractivity contribution in [3.63, 3.8) is 0 Å². The summed E-state index contributed by atoms with van der Waals surface area (Å²) in [7, 11) is 0. The van der Waals surface area contributed by atoms with Crippen molar-refractivity contribution in [3.8, 4) is 0 Å². The van der Waals surface area contributed by atoms with Gasteiger partial charge in [-0.05, 0) is 30.5 Å². The van der Waals surface area contributed by atoms with Crippen molar-refractivity contribution in [2.75, 3.05) is 6.54 Å². The molecule has 1 aromatic rings. The number of aliphatic hydroxyl groups is 1. The molecule has 0 aliphatic heterocycles. The fraction of sp³-hybridized carbons (Fsp3) is 0.467. The third-order valence-corrected chi connectivity index (χ3v) is 3.41. The molecule has 0 radical (unpaired) electrons. The van der Waals surface area contributed by atoms with Gasteiger partial charge in [0.25, 0.3) is 0 Å². The lowest BCUT2D eigenvalue weighted by Crippen LogP contribution is -2.42. The zero-order valence-electron chi connectivity index (χ0n) is 10.5. The predicted molar refractivity (Wildman–Crippen MR) is 71.7 cm³/mol. The second-order valence-corrected chi connectivity index (χ2v) is 4.82. The van der Waals surface area contributed by atoms with Crippen LogP contribution in [0.1, 0.15) is 31.2 Å². The number of hydrogen-bond donors (Lipinski definition) is 2. The highest BCUT2D eigenvalue weighted by atomic mass is 19.1. The van der Waals surface area contributed by atoms with E-state index >= 15 is 0 Å². The van der Waals surface area contributed by atoms with Crippen LogP contribution < -0.4 is 5.32 Å². The van der Waals surface area contributed by atoms with Gasteiger partial charge in [-0.1, -0.05) is 37.1 Å². The fourth-order valence-electron chi connectivity index (χ4n) is 2.34. The molecule has 2 N–H and O–H groups in total.